The van der Waals surface area contributed by atoms with Crippen LogP contribution in [0, 0.1) is 0 Å². The highest BCUT2D eigenvalue weighted by Crippen LogP contribution is 2.20. The van der Waals surface area contributed by atoms with Crippen molar-refractivity contribution in [2.45, 2.75) is 25.8 Å². The largest absolute Gasteiger partial charge is 0.467 e. The number of nitrogens with one attached hydrogen (secondary N) is 3. The third kappa shape index (κ3) is 4.40. The van der Waals surface area contributed by atoms with Gasteiger partial charge in [0, 0.05) is 5.56 Å². The molecule has 1 unspecified atom stereocenters. The SMILES string of the molecule is COC(=O)C(NC(=O)c1ccc(-n2[nH]c(=O)[nH]c2=O)cc1)c1ccc(C(C)C)cc1. The molecule has 0 fully saturated rings. The number of aromatic nitrogens is 3. The van der Waals surface area contributed by atoms with Crippen molar-refractivity contribution in [2.75, 3.05) is 7.11 Å². The van der Waals surface area contributed by atoms with Gasteiger partial charge in [0.05, 0.1) is 12.8 Å². The van der Waals surface area contributed by atoms with E-state index in [4.69, 9.17) is 4.74 Å². The summed E-state index contributed by atoms with van der Waals surface area (Å²) in [6.07, 6.45) is 0. The van der Waals surface area contributed by atoms with Gasteiger partial charge < -0.3 is 10.1 Å². The first kappa shape index (κ1) is 20.8. The molecule has 0 saturated carbocycles. The number of methoxy groups -OCH3 is 1. The number of ether oxygens (including phenoxy) is 1. The third-order valence-electron chi connectivity index (χ3n) is 4.67. The minimum Gasteiger partial charge on any atom is -0.467 e. The second-order valence-electron chi connectivity index (χ2n) is 7.00. The van der Waals surface area contributed by atoms with E-state index in [1.54, 1.807) is 12.1 Å². The Morgan fingerprint density at radius 3 is 2.07 bits per heavy atom. The number of carbonyl (C=O) groups is 2. The Hall–Kier alpha value is -3.88. The van der Waals surface area contributed by atoms with Crippen LogP contribution in [0.1, 0.15) is 47.3 Å². The van der Waals surface area contributed by atoms with Crippen molar-refractivity contribution in [1.29, 1.82) is 0 Å². The van der Waals surface area contributed by atoms with E-state index in [-0.39, 0.29) is 5.56 Å². The average Bonchev–Trinajstić information content (AvgIpc) is 3.09. The normalized spacial score (nSPS) is 11.9. The molecule has 0 spiro atoms. The quantitative estimate of drug-likeness (QED) is 0.533. The maximum Gasteiger partial charge on any atom is 0.349 e. The number of hydrogen-bond donors (Lipinski definition) is 3. The number of amides is 1. The van der Waals surface area contributed by atoms with Gasteiger partial charge in [-0.05, 0) is 41.3 Å². The van der Waals surface area contributed by atoms with E-state index in [0.717, 1.165) is 10.2 Å². The van der Waals surface area contributed by atoms with Gasteiger partial charge in [0.1, 0.15) is 0 Å². The standard InChI is InChI=1S/C21H22N4O5/c1-12(2)13-4-6-14(7-5-13)17(19(27)30-3)22-18(26)15-8-10-16(11-9-15)25-21(29)23-20(28)24-25/h4-12,17H,1-3H3,(H,22,26)(H2,23,24,28,29). The van der Waals surface area contributed by atoms with Crippen molar-refractivity contribution < 1.29 is 14.3 Å². The Morgan fingerprint density at radius 2 is 1.57 bits per heavy atom. The zero-order valence-electron chi connectivity index (χ0n) is 16.8. The van der Waals surface area contributed by atoms with Crippen LogP contribution in [-0.2, 0) is 9.53 Å². The van der Waals surface area contributed by atoms with Crippen LogP contribution < -0.4 is 16.7 Å². The summed E-state index contributed by atoms with van der Waals surface area (Å²) in [5.74, 6) is -0.736. The molecule has 1 amide bonds. The fraction of sp³-hybridized carbons (Fsp3) is 0.238. The monoisotopic (exact) mass is 410 g/mol. The van der Waals surface area contributed by atoms with Crippen LogP contribution >= 0.6 is 0 Å². The predicted molar refractivity (Wildman–Crippen MR) is 110 cm³/mol. The summed E-state index contributed by atoms with van der Waals surface area (Å²) >= 11 is 0. The van der Waals surface area contributed by atoms with Gasteiger partial charge in [-0.3, -0.25) is 9.78 Å². The molecule has 0 aliphatic rings. The molecule has 9 nitrogen and oxygen atoms in total. The number of hydrogen-bond acceptors (Lipinski definition) is 5. The van der Waals surface area contributed by atoms with Gasteiger partial charge in [-0.25, -0.2) is 24.2 Å². The van der Waals surface area contributed by atoms with Crippen LogP contribution in [0.5, 0.6) is 0 Å². The maximum atomic E-state index is 12.7. The summed E-state index contributed by atoms with van der Waals surface area (Å²) in [6, 6.07) is 12.4. The predicted octanol–water partition coefficient (Wildman–Crippen LogP) is 1.62. The summed E-state index contributed by atoms with van der Waals surface area (Å²) in [6.45, 7) is 4.13. The lowest BCUT2D eigenvalue weighted by atomic mass is 9.99. The fourth-order valence-electron chi connectivity index (χ4n) is 2.96. The molecule has 0 bridgehead atoms. The van der Waals surface area contributed by atoms with Gasteiger partial charge in [0.15, 0.2) is 6.04 Å². The van der Waals surface area contributed by atoms with E-state index in [0.29, 0.717) is 17.2 Å². The molecule has 1 heterocycles. The number of esters is 1. The van der Waals surface area contributed by atoms with E-state index in [2.05, 4.69) is 29.2 Å². The lowest BCUT2D eigenvalue weighted by Crippen LogP contribution is -2.34. The van der Waals surface area contributed by atoms with Crippen molar-refractivity contribution in [3.05, 3.63) is 86.2 Å². The molecule has 156 valence electrons. The summed E-state index contributed by atoms with van der Waals surface area (Å²) in [5, 5.41) is 5.01. The summed E-state index contributed by atoms with van der Waals surface area (Å²) in [5.41, 5.74) is 1.12. The molecule has 3 N–H and O–H groups in total. The average molecular weight is 410 g/mol. The number of H-pyrrole nitrogens is 2. The topological polar surface area (TPSA) is 126 Å². The van der Waals surface area contributed by atoms with E-state index in [1.165, 1.54) is 31.4 Å². The lowest BCUT2D eigenvalue weighted by Gasteiger charge is -2.18. The highest BCUT2D eigenvalue weighted by Gasteiger charge is 2.24. The minimum atomic E-state index is -0.966. The van der Waals surface area contributed by atoms with Crippen LogP contribution in [-0.4, -0.2) is 33.8 Å². The molecule has 0 aliphatic heterocycles. The smallest absolute Gasteiger partial charge is 0.349 e. The second-order valence-corrected chi connectivity index (χ2v) is 7.00. The zero-order chi connectivity index (χ0) is 21.8. The molecule has 9 heteroatoms. The summed E-state index contributed by atoms with van der Waals surface area (Å²) in [4.78, 5) is 49.9. The van der Waals surface area contributed by atoms with E-state index in [1.807, 2.05) is 12.1 Å². The number of rotatable bonds is 6. The molecule has 3 aromatic rings. The molecule has 30 heavy (non-hydrogen) atoms. The highest BCUT2D eigenvalue weighted by atomic mass is 16.5. The van der Waals surface area contributed by atoms with Crippen LogP contribution in [0.3, 0.4) is 0 Å². The number of nitrogens with zero attached hydrogens (tertiary/aromatic N) is 1. The van der Waals surface area contributed by atoms with Crippen LogP contribution in [0.25, 0.3) is 5.69 Å². The molecular weight excluding hydrogens is 388 g/mol. The maximum absolute atomic E-state index is 12.7. The van der Waals surface area contributed by atoms with Crippen molar-refractivity contribution in [3.8, 4) is 5.69 Å². The number of benzene rings is 2. The molecule has 3 rings (SSSR count). The Bertz CT molecular complexity index is 1150. The van der Waals surface area contributed by atoms with Gasteiger partial charge in [0.2, 0.25) is 0 Å². The van der Waals surface area contributed by atoms with E-state index in [9.17, 15) is 19.2 Å². The molecular formula is C21H22N4O5. The summed E-state index contributed by atoms with van der Waals surface area (Å²) in [7, 11) is 1.26. The molecule has 0 saturated heterocycles. The molecule has 1 atom stereocenters. The zero-order valence-corrected chi connectivity index (χ0v) is 16.8. The van der Waals surface area contributed by atoms with Crippen molar-refractivity contribution >= 4 is 11.9 Å². The van der Waals surface area contributed by atoms with E-state index >= 15 is 0 Å². The second kappa shape index (κ2) is 8.64. The van der Waals surface area contributed by atoms with Gasteiger partial charge in [0.25, 0.3) is 5.91 Å². The van der Waals surface area contributed by atoms with Crippen molar-refractivity contribution in [1.82, 2.24) is 20.1 Å². The Kier molecular flexibility index (Phi) is 6.01. The third-order valence-corrected chi connectivity index (χ3v) is 4.67. The summed E-state index contributed by atoms with van der Waals surface area (Å²) < 4.78 is 5.87. The number of aromatic amines is 2. The first-order chi connectivity index (χ1) is 14.3. The Morgan fingerprint density at radius 1 is 0.967 bits per heavy atom. The van der Waals surface area contributed by atoms with Crippen molar-refractivity contribution in [2.24, 2.45) is 0 Å². The Balaban J connectivity index is 1.82. The number of carbonyl (C=O) groups excluding carboxylic acids is 2. The van der Waals surface area contributed by atoms with Crippen LogP contribution in [0.2, 0.25) is 0 Å². The molecule has 1 aromatic heterocycles. The van der Waals surface area contributed by atoms with Crippen LogP contribution in [0.4, 0.5) is 0 Å². The molecule has 0 radical (unpaired) electrons. The minimum absolute atomic E-state index is 0.275. The van der Waals surface area contributed by atoms with Crippen molar-refractivity contribution in [3.63, 3.8) is 0 Å². The molecule has 2 aromatic carbocycles. The molecule has 0 aliphatic carbocycles. The first-order valence-electron chi connectivity index (χ1n) is 9.30. The van der Waals surface area contributed by atoms with Gasteiger partial charge in [-0.1, -0.05) is 38.1 Å². The van der Waals surface area contributed by atoms with Gasteiger partial charge in [-0.2, -0.15) is 0 Å². The van der Waals surface area contributed by atoms with Gasteiger partial charge in [-0.15, -0.1) is 0 Å². The Labute approximate surface area is 171 Å². The fourth-order valence-corrected chi connectivity index (χ4v) is 2.96. The lowest BCUT2D eigenvalue weighted by molar-refractivity contribution is -0.143. The van der Waals surface area contributed by atoms with E-state index < -0.39 is 29.3 Å². The van der Waals surface area contributed by atoms with Gasteiger partial charge >= 0.3 is 17.3 Å². The van der Waals surface area contributed by atoms with Crippen LogP contribution in [0.15, 0.2) is 58.1 Å². The first-order valence-corrected chi connectivity index (χ1v) is 9.30. The highest BCUT2D eigenvalue weighted by molar-refractivity contribution is 5.97.